The topological polar surface area (TPSA) is 55.8 Å². The summed E-state index contributed by atoms with van der Waals surface area (Å²) >= 11 is 5.92. The molecule has 20 heavy (non-hydrogen) atoms. The number of methoxy groups -OCH3 is 2. The predicted octanol–water partition coefficient (Wildman–Crippen LogP) is 2.15. The Bertz CT molecular complexity index is 576. The van der Waals surface area contributed by atoms with E-state index in [1.54, 1.807) is 19.2 Å². The van der Waals surface area contributed by atoms with Crippen LogP contribution < -0.4 is 4.74 Å². The van der Waals surface area contributed by atoms with Crippen molar-refractivity contribution in [2.45, 2.75) is 23.8 Å². The Morgan fingerprint density at radius 3 is 2.80 bits per heavy atom. The molecule has 1 unspecified atom stereocenters. The number of sulfonamides is 1. The lowest BCUT2D eigenvalue weighted by molar-refractivity contribution is 0.149. The molecule has 1 aromatic carbocycles. The largest absolute Gasteiger partial charge is 0.495 e. The van der Waals surface area contributed by atoms with Crippen LogP contribution in [0.15, 0.2) is 23.1 Å². The Kier molecular flexibility index (Phi) is 4.90. The van der Waals surface area contributed by atoms with Crippen molar-refractivity contribution < 1.29 is 17.9 Å². The lowest BCUT2D eigenvalue weighted by Crippen LogP contribution is -2.38. The highest BCUT2D eigenvalue weighted by atomic mass is 35.5. The van der Waals surface area contributed by atoms with Gasteiger partial charge in [-0.25, -0.2) is 8.42 Å². The lowest BCUT2D eigenvalue weighted by Gasteiger charge is -2.24. The third-order valence-corrected chi connectivity index (χ3v) is 5.60. The first-order valence-electron chi connectivity index (χ1n) is 6.35. The number of rotatable bonds is 5. The van der Waals surface area contributed by atoms with Crippen LogP contribution in [0.5, 0.6) is 5.75 Å². The highest BCUT2D eigenvalue weighted by molar-refractivity contribution is 7.89. The molecule has 0 spiro atoms. The monoisotopic (exact) mass is 319 g/mol. The van der Waals surface area contributed by atoms with Crippen molar-refractivity contribution in [1.82, 2.24) is 4.31 Å². The lowest BCUT2D eigenvalue weighted by atomic mass is 10.2. The van der Waals surface area contributed by atoms with Crippen LogP contribution in [-0.4, -0.2) is 46.1 Å². The van der Waals surface area contributed by atoms with Crippen molar-refractivity contribution in [2.24, 2.45) is 0 Å². The van der Waals surface area contributed by atoms with Crippen molar-refractivity contribution in [3.8, 4) is 5.75 Å². The highest BCUT2D eigenvalue weighted by Gasteiger charge is 2.36. The molecule has 0 radical (unpaired) electrons. The van der Waals surface area contributed by atoms with E-state index in [1.807, 2.05) is 0 Å². The Morgan fingerprint density at radius 1 is 1.40 bits per heavy atom. The minimum Gasteiger partial charge on any atom is -0.495 e. The summed E-state index contributed by atoms with van der Waals surface area (Å²) in [6, 6.07) is 4.47. The number of halogens is 1. The summed E-state index contributed by atoms with van der Waals surface area (Å²) in [7, 11) is -0.616. The maximum Gasteiger partial charge on any atom is 0.247 e. The van der Waals surface area contributed by atoms with Crippen LogP contribution in [0.4, 0.5) is 0 Å². The molecule has 1 aliphatic rings. The molecule has 1 atom stereocenters. The van der Waals surface area contributed by atoms with Crippen molar-refractivity contribution in [2.75, 3.05) is 27.4 Å². The fraction of sp³-hybridized carbons (Fsp3) is 0.538. The van der Waals surface area contributed by atoms with Crippen LogP contribution in [0.1, 0.15) is 12.8 Å². The van der Waals surface area contributed by atoms with Gasteiger partial charge in [0, 0.05) is 24.7 Å². The Morgan fingerprint density at radius 2 is 2.15 bits per heavy atom. The van der Waals surface area contributed by atoms with Crippen LogP contribution in [-0.2, 0) is 14.8 Å². The molecule has 0 aromatic heterocycles. The van der Waals surface area contributed by atoms with Gasteiger partial charge in [0.25, 0.3) is 0 Å². The van der Waals surface area contributed by atoms with E-state index in [0.717, 1.165) is 12.8 Å². The fourth-order valence-corrected chi connectivity index (χ4v) is 4.56. The SMILES string of the molecule is COCC1CCCN1S(=O)(=O)c1cc(Cl)ccc1OC. The first-order chi connectivity index (χ1) is 9.50. The second kappa shape index (κ2) is 6.30. The van der Waals surface area contributed by atoms with Gasteiger partial charge < -0.3 is 9.47 Å². The second-order valence-corrected chi connectivity index (χ2v) is 6.96. The van der Waals surface area contributed by atoms with Crippen LogP contribution in [0.2, 0.25) is 5.02 Å². The molecule has 0 bridgehead atoms. The summed E-state index contributed by atoms with van der Waals surface area (Å²) in [5.74, 6) is 0.303. The summed E-state index contributed by atoms with van der Waals surface area (Å²) in [4.78, 5) is 0.107. The molecular formula is C13H18ClNO4S. The Labute approximate surface area is 124 Å². The van der Waals surface area contributed by atoms with Gasteiger partial charge in [-0.3, -0.25) is 0 Å². The molecule has 1 aromatic rings. The molecule has 1 aliphatic heterocycles. The molecule has 2 rings (SSSR count). The molecule has 7 heteroatoms. The van der Waals surface area contributed by atoms with E-state index in [4.69, 9.17) is 21.1 Å². The van der Waals surface area contributed by atoms with E-state index in [0.29, 0.717) is 23.9 Å². The first-order valence-corrected chi connectivity index (χ1v) is 8.17. The molecule has 0 saturated carbocycles. The summed E-state index contributed by atoms with van der Waals surface area (Å²) in [6.45, 7) is 0.883. The molecule has 0 N–H and O–H groups in total. The maximum atomic E-state index is 12.8. The van der Waals surface area contributed by atoms with E-state index in [1.165, 1.54) is 17.5 Å². The summed E-state index contributed by atoms with van der Waals surface area (Å²) in [6.07, 6.45) is 1.63. The van der Waals surface area contributed by atoms with Gasteiger partial charge in [0.2, 0.25) is 10.0 Å². The second-order valence-electron chi connectivity index (χ2n) is 4.66. The van der Waals surface area contributed by atoms with E-state index in [9.17, 15) is 8.42 Å². The van der Waals surface area contributed by atoms with Crippen LogP contribution in [0.3, 0.4) is 0 Å². The predicted molar refractivity (Wildman–Crippen MR) is 76.8 cm³/mol. The highest BCUT2D eigenvalue weighted by Crippen LogP contribution is 2.33. The summed E-state index contributed by atoms with van der Waals surface area (Å²) < 4.78 is 37.3. The fourth-order valence-electron chi connectivity index (χ4n) is 2.46. The normalized spacial score (nSPS) is 20.2. The van der Waals surface area contributed by atoms with Crippen molar-refractivity contribution in [3.05, 3.63) is 23.2 Å². The summed E-state index contributed by atoms with van der Waals surface area (Å²) in [5, 5.41) is 0.367. The van der Waals surface area contributed by atoms with E-state index in [2.05, 4.69) is 0 Å². The first kappa shape index (κ1) is 15.6. The third kappa shape index (κ3) is 2.93. The van der Waals surface area contributed by atoms with Gasteiger partial charge in [-0.1, -0.05) is 11.6 Å². The minimum atomic E-state index is -3.63. The minimum absolute atomic E-state index is 0.107. The van der Waals surface area contributed by atoms with Gasteiger partial charge in [0.15, 0.2) is 0 Å². The van der Waals surface area contributed by atoms with E-state index < -0.39 is 10.0 Å². The number of hydrogen-bond donors (Lipinski definition) is 0. The maximum absolute atomic E-state index is 12.8. The van der Waals surface area contributed by atoms with E-state index >= 15 is 0 Å². The molecule has 0 aliphatic carbocycles. The van der Waals surface area contributed by atoms with Gasteiger partial charge in [0.05, 0.1) is 13.7 Å². The molecule has 1 saturated heterocycles. The molecule has 1 fully saturated rings. The Balaban J connectivity index is 2.42. The zero-order chi connectivity index (χ0) is 14.8. The van der Waals surface area contributed by atoms with Crippen molar-refractivity contribution in [1.29, 1.82) is 0 Å². The number of ether oxygens (including phenoxy) is 2. The van der Waals surface area contributed by atoms with Crippen LogP contribution >= 0.6 is 11.6 Å². The van der Waals surface area contributed by atoms with Gasteiger partial charge in [-0.15, -0.1) is 0 Å². The van der Waals surface area contributed by atoms with Gasteiger partial charge >= 0.3 is 0 Å². The number of benzene rings is 1. The Hall–Kier alpha value is -0.820. The van der Waals surface area contributed by atoms with Crippen molar-refractivity contribution in [3.63, 3.8) is 0 Å². The standard InChI is InChI=1S/C13H18ClNO4S/c1-18-9-11-4-3-7-15(11)20(16,17)13-8-10(14)5-6-12(13)19-2/h5-6,8,11H,3-4,7,9H2,1-2H3. The third-order valence-electron chi connectivity index (χ3n) is 3.39. The molecule has 0 amide bonds. The molecule has 1 heterocycles. The zero-order valence-electron chi connectivity index (χ0n) is 11.5. The smallest absolute Gasteiger partial charge is 0.247 e. The zero-order valence-corrected chi connectivity index (χ0v) is 13.1. The number of nitrogens with zero attached hydrogens (tertiary/aromatic N) is 1. The van der Waals surface area contributed by atoms with Crippen molar-refractivity contribution >= 4 is 21.6 Å². The summed E-state index contributed by atoms with van der Waals surface area (Å²) in [5.41, 5.74) is 0. The molecule has 5 nitrogen and oxygen atoms in total. The van der Waals surface area contributed by atoms with Gasteiger partial charge in [0.1, 0.15) is 10.6 Å². The van der Waals surface area contributed by atoms with Gasteiger partial charge in [-0.2, -0.15) is 4.31 Å². The molecular weight excluding hydrogens is 302 g/mol. The van der Waals surface area contributed by atoms with Crippen LogP contribution in [0, 0.1) is 0 Å². The molecule has 112 valence electrons. The quantitative estimate of drug-likeness (QED) is 0.834. The average Bonchev–Trinajstić information content (AvgIpc) is 2.88. The van der Waals surface area contributed by atoms with Crippen LogP contribution in [0.25, 0.3) is 0 Å². The average molecular weight is 320 g/mol. The number of hydrogen-bond acceptors (Lipinski definition) is 4. The van der Waals surface area contributed by atoms with E-state index in [-0.39, 0.29) is 10.9 Å². The van der Waals surface area contributed by atoms with Gasteiger partial charge in [-0.05, 0) is 31.0 Å².